The summed E-state index contributed by atoms with van der Waals surface area (Å²) >= 11 is 11.1. The molecule has 0 radical (unpaired) electrons. The van der Waals surface area contributed by atoms with Crippen molar-refractivity contribution in [2.24, 2.45) is 0 Å². The van der Waals surface area contributed by atoms with Gasteiger partial charge in [-0.1, -0.05) is 35.9 Å². The number of rotatable bonds is 4. The first-order valence-electron chi connectivity index (χ1n) is 9.36. The molecular weight excluding hydrogens is 432 g/mol. The van der Waals surface area contributed by atoms with Crippen LogP contribution in [0.1, 0.15) is 5.76 Å². The van der Waals surface area contributed by atoms with Crippen LogP contribution in [0.4, 0.5) is 5.69 Å². The van der Waals surface area contributed by atoms with E-state index in [0.717, 1.165) is 10.9 Å². The third-order valence-electron chi connectivity index (χ3n) is 4.54. The normalized spacial score (nSPS) is 11.0. The van der Waals surface area contributed by atoms with Crippen LogP contribution in [-0.2, 0) is 4.79 Å². The fraction of sp³-hybridized carbons (Fsp3) is 0. The van der Waals surface area contributed by atoms with Crippen molar-refractivity contribution < 1.29 is 14.3 Å². The van der Waals surface area contributed by atoms with Crippen LogP contribution >= 0.6 is 23.8 Å². The highest BCUT2D eigenvalue weighted by molar-refractivity contribution is 7.80. The Bertz CT molecular complexity index is 1300. The number of benzene rings is 3. The first-order chi connectivity index (χ1) is 15.0. The Hall–Kier alpha value is -3.61. The van der Waals surface area contributed by atoms with E-state index in [1.54, 1.807) is 42.5 Å². The summed E-state index contributed by atoms with van der Waals surface area (Å²) in [6.07, 6.45) is 2.90. The number of anilines is 1. The third kappa shape index (κ3) is 4.94. The zero-order valence-electron chi connectivity index (χ0n) is 16.1. The number of amides is 1. The van der Waals surface area contributed by atoms with E-state index in [1.165, 1.54) is 6.08 Å². The van der Waals surface area contributed by atoms with Crippen molar-refractivity contribution in [3.05, 3.63) is 89.7 Å². The highest BCUT2D eigenvalue weighted by Gasteiger charge is 2.08. The lowest BCUT2D eigenvalue weighted by Gasteiger charge is -2.11. The summed E-state index contributed by atoms with van der Waals surface area (Å²) in [5.74, 6) is 0.983. The van der Waals surface area contributed by atoms with Crippen LogP contribution in [0, 0.1) is 0 Å². The molecule has 5 nitrogen and oxygen atoms in total. The van der Waals surface area contributed by atoms with Crippen LogP contribution in [-0.4, -0.2) is 16.1 Å². The van der Waals surface area contributed by atoms with E-state index in [0.29, 0.717) is 27.6 Å². The molecule has 4 aromatic rings. The molecule has 0 aliphatic carbocycles. The zero-order valence-corrected chi connectivity index (χ0v) is 17.7. The molecule has 3 aromatic carbocycles. The highest BCUT2D eigenvalue weighted by Crippen LogP contribution is 2.29. The Morgan fingerprint density at radius 2 is 1.71 bits per heavy atom. The minimum Gasteiger partial charge on any atom is -0.507 e. The van der Waals surface area contributed by atoms with E-state index >= 15 is 0 Å². The molecule has 1 aromatic heterocycles. The fourth-order valence-electron chi connectivity index (χ4n) is 3.08. The average molecular weight is 449 g/mol. The molecule has 0 unspecified atom stereocenters. The van der Waals surface area contributed by atoms with Crippen molar-refractivity contribution in [1.29, 1.82) is 0 Å². The van der Waals surface area contributed by atoms with Crippen LogP contribution in [0.5, 0.6) is 5.75 Å². The number of halogens is 1. The van der Waals surface area contributed by atoms with Gasteiger partial charge >= 0.3 is 0 Å². The van der Waals surface area contributed by atoms with Crippen molar-refractivity contribution >= 4 is 57.4 Å². The summed E-state index contributed by atoms with van der Waals surface area (Å²) in [4.78, 5) is 12.2. The number of phenols is 1. The van der Waals surface area contributed by atoms with Crippen LogP contribution in [0.3, 0.4) is 0 Å². The molecular formula is C24H17ClN2O3S. The second-order valence-electron chi connectivity index (χ2n) is 6.66. The largest absolute Gasteiger partial charge is 0.507 e. The van der Waals surface area contributed by atoms with E-state index in [9.17, 15) is 9.90 Å². The van der Waals surface area contributed by atoms with Gasteiger partial charge in [0.15, 0.2) is 5.11 Å². The molecule has 0 saturated carbocycles. The molecule has 0 spiro atoms. The number of nitrogens with one attached hydrogen (secondary N) is 2. The summed E-state index contributed by atoms with van der Waals surface area (Å²) in [5, 5.41) is 17.9. The van der Waals surface area contributed by atoms with Crippen molar-refractivity contribution in [2.45, 2.75) is 0 Å². The van der Waals surface area contributed by atoms with Gasteiger partial charge in [0.25, 0.3) is 0 Å². The minimum atomic E-state index is -0.398. The number of hydrogen-bond acceptors (Lipinski definition) is 4. The van der Waals surface area contributed by atoms with E-state index in [-0.39, 0.29) is 10.9 Å². The van der Waals surface area contributed by atoms with Gasteiger partial charge in [-0.2, -0.15) is 0 Å². The average Bonchev–Trinajstić information content (AvgIpc) is 3.23. The number of fused-ring (bicyclic) bond motifs is 1. The Kier molecular flexibility index (Phi) is 6.02. The molecule has 3 N–H and O–H groups in total. The predicted molar refractivity (Wildman–Crippen MR) is 128 cm³/mol. The number of hydrogen-bond donors (Lipinski definition) is 3. The molecule has 0 saturated heterocycles. The van der Waals surface area contributed by atoms with Gasteiger partial charge in [0.05, 0.1) is 0 Å². The summed E-state index contributed by atoms with van der Waals surface area (Å²) in [6.45, 7) is 0. The van der Waals surface area contributed by atoms with Crippen LogP contribution in [0.15, 0.2) is 83.3 Å². The summed E-state index contributed by atoms with van der Waals surface area (Å²) < 4.78 is 5.74. The number of carbonyl (C=O) groups excluding carboxylic acids is 1. The van der Waals surface area contributed by atoms with Crippen molar-refractivity contribution in [3.8, 4) is 17.1 Å². The summed E-state index contributed by atoms with van der Waals surface area (Å²) in [7, 11) is 0. The SMILES string of the molecule is O=C(/C=C/c1ccc(-c2ccc(Cl)cc2)o1)NC(=S)Nc1cccc2c(O)cccc12. The third-order valence-corrected chi connectivity index (χ3v) is 4.99. The lowest BCUT2D eigenvalue weighted by molar-refractivity contribution is -0.115. The number of furan rings is 1. The second kappa shape index (κ2) is 9.04. The Labute approximate surface area is 189 Å². The maximum Gasteiger partial charge on any atom is 0.250 e. The molecule has 1 amide bonds. The van der Waals surface area contributed by atoms with Gasteiger partial charge < -0.3 is 14.8 Å². The first kappa shape index (κ1) is 20.7. The van der Waals surface area contributed by atoms with E-state index < -0.39 is 5.91 Å². The Morgan fingerprint density at radius 3 is 2.52 bits per heavy atom. The van der Waals surface area contributed by atoms with Crippen molar-refractivity contribution in [2.75, 3.05) is 5.32 Å². The molecule has 0 aliphatic heterocycles. The highest BCUT2D eigenvalue weighted by atomic mass is 35.5. The standard InChI is InChI=1S/C24H17ClN2O3S/c25-16-9-7-15(8-10-16)22-13-11-17(30-22)12-14-23(29)27-24(31)26-20-5-1-4-19-18(20)3-2-6-21(19)28/h1-14,28H,(H2,26,27,29,31)/b14-12+. The molecule has 0 fully saturated rings. The minimum absolute atomic E-state index is 0.145. The van der Waals surface area contributed by atoms with Crippen LogP contribution in [0.2, 0.25) is 5.02 Å². The zero-order chi connectivity index (χ0) is 21.8. The van der Waals surface area contributed by atoms with Gasteiger partial charge in [0, 0.05) is 33.1 Å². The quantitative estimate of drug-likeness (QED) is 0.264. The maximum atomic E-state index is 12.2. The molecule has 154 valence electrons. The molecule has 0 aliphatic rings. The summed E-state index contributed by atoms with van der Waals surface area (Å²) in [5.41, 5.74) is 1.57. The van der Waals surface area contributed by atoms with E-state index in [1.807, 2.05) is 36.4 Å². The van der Waals surface area contributed by atoms with Gasteiger partial charge in [-0.05, 0) is 66.8 Å². The van der Waals surface area contributed by atoms with Gasteiger partial charge in [0.1, 0.15) is 17.3 Å². The number of carbonyl (C=O) groups is 1. The lowest BCUT2D eigenvalue weighted by Crippen LogP contribution is -2.32. The maximum absolute atomic E-state index is 12.2. The van der Waals surface area contributed by atoms with E-state index in [2.05, 4.69) is 10.6 Å². The number of thiocarbonyl (C=S) groups is 1. The molecule has 4 rings (SSSR count). The van der Waals surface area contributed by atoms with Crippen LogP contribution in [0.25, 0.3) is 28.2 Å². The molecule has 0 bridgehead atoms. The molecule has 7 heteroatoms. The number of aromatic hydroxyl groups is 1. The van der Waals surface area contributed by atoms with Crippen molar-refractivity contribution in [3.63, 3.8) is 0 Å². The van der Waals surface area contributed by atoms with Crippen LogP contribution < -0.4 is 10.6 Å². The number of phenolic OH excluding ortho intramolecular Hbond substituents is 1. The topological polar surface area (TPSA) is 74.5 Å². The van der Waals surface area contributed by atoms with Gasteiger partial charge in [-0.15, -0.1) is 0 Å². The van der Waals surface area contributed by atoms with Gasteiger partial charge in [0.2, 0.25) is 5.91 Å². The monoisotopic (exact) mass is 448 g/mol. The molecule has 31 heavy (non-hydrogen) atoms. The second-order valence-corrected chi connectivity index (χ2v) is 7.51. The smallest absolute Gasteiger partial charge is 0.250 e. The first-order valence-corrected chi connectivity index (χ1v) is 10.1. The van der Waals surface area contributed by atoms with E-state index in [4.69, 9.17) is 28.2 Å². The van der Waals surface area contributed by atoms with Gasteiger partial charge in [-0.25, -0.2) is 0 Å². The Morgan fingerprint density at radius 1 is 0.968 bits per heavy atom. The van der Waals surface area contributed by atoms with Crippen molar-refractivity contribution in [1.82, 2.24) is 5.32 Å². The fourth-order valence-corrected chi connectivity index (χ4v) is 3.42. The van der Waals surface area contributed by atoms with Gasteiger partial charge in [-0.3, -0.25) is 10.1 Å². The molecule has 1 heterocycles. The molecule has 0 atom stereocenters. The lowest BCUT2D eigenvalue weighted by atomic mass is 10.1. The Balaban J connectivity index is 1.39. The summed E-state index contributed by atoms with van der Waals surface area (Å²) in [6, 6.07) is 21.5. The predicted octanol–water partition coefficient (Wildman–Crippen LogP) is 5.99.